The number of aromatic nitrogens is 5. The van der Waals surface area contributed by atoms with Crippen molar-refractivity contribution in [3.05, 3.63) is 89.7 Å². The zero-order valence-corrected chi connectivity index (χ0v) is 20.8. The maximum absolute atomic E-state index is 14.0. The molecule has 2 amide bonds. The molecule has 196 valence electrons. The monoisotopic (exact) mass is 539 g/mol. The normalized spacial score (nSPS) is 10.7. The molecule has 0 fully saturated rings. The number of amides is 2. The van der Waals surface area contributed by atoms with Gasteiger partial charge in [-0.05, 0) is 60.2 Å². The highest BCUT2D eigenvalue weighted by Gasteiger charge is 2.20. The first kappa shape index (κ1) is 26.5. The lowest BCUT2D eigenvalue weighted by molar-refractivity contribution is 0.0985. The van der Waals surface area contributed by atoms with Crippen molar-refractivity contribution in [3.8, 4) is 5.75 Å². The van der Waals surface area contributed by atoms with Gasteiger partial charge in [0.2, 0.25) is 0 Å². The molecule has 2 heterocycles. The van der Waals surface area contributed by atoms with Crippen molar-refractivity contribution in [1.82, 2.24) is 25.2 Å². The summed E-state index contributed by atoms with van der Waals surface area (Å²) in [7, 11) is 0. The largest absolute Gasteiger partial charge is 0.492 e. The van der Waals surface area contributed by atoms with Crippen molar-refractivity contribution in [1.29, 1.82) is 0 Å². The molecule has 4 aromatic rings. The van der Waals surface area contributed by atoms with E-state index in [2.05, 4.69) is 20.4 Å². The van der Waals surface area contributed by atoms with Crippen LogP contribution in [0.1, 0.15) is 16.8 Å². The molecule has 0 aliphatic heterocycles. The van der Waals surface area contributed by atoms with Crippen LogP contribution in [-0.2, 0) is 6.54 Å². The molecule has 38 heavy (non-hydrogen) atoms. The molecule has 0 aliphatic carbocycles. The minimum Gasteiger partial charge on any atom is -0.492 e. The van der Waals surface area contributed by atoms with E-state index in [1.165, 1.54) is 64.8 Å². The highest BCUT2D eigenvalue weighted by atomic mass is 35.5. The van der Waals surface area contributed by atoms with Gasteiger partial charge < -0.3 is 14.7 Å². The van der Waals surface area contributed by atoms with Crippen LogP contribution >= 0.6 is 11.6 Å². The topological polar surface area (TPSA) is 127 Å². The van der Waals surface area contributed by atoms with Crippen LogP contribution in [0.3, 0.4) is 0 Å². The molecule has 0 aliphatic rings. The summed E-state index contributed by atoms with van der Waals surface area (Å²) in [4.78, 5) is 33.1. The third-order valence-corrected chi connectivity index (χ3v) is 5.62. The van der Waals surface area contributed by atoms with Crippen molar-refractivity contribution in [2.45, 2.75) is 13.0 Å². The van der Waals surface area contributed by atoms with Gasteiger partial charge in [0.1, 0.15) is 18.2 Å². The third kappa shape index (κ3) is 7.01. The van der Waals surface area contributed by atoms with E-state index in [0.29, 0.717) is 24.3 Å². The molecular formula is C25H23ClFN7O4. The van der Waals surface area contributed by atoms with Crippen LogP contribution in [-0.4, -0.2) is 62.0 Å². The van der Waals surface area contributed by atoms with E-state index in [4.69, 9.17) is 16.3 Å². The van der Waals surface area contributed by atoms with E-state index in [1.54, 1.807) is 18.2 Å². The number of anilines is 2. The smallest absolute Gasteiger partial charge is 0.411 e. The molecule has 0 atom stereocenters. The summed E-state index contributed by atoms with van der Waals surface area (Å²) in [6.45, 7) is 0.675. The molecule has 0 spiro atoms. The number of benzene rings is 2. The predicted molar refractivity (Wildman–Crippen MR) is 137 cm³/mol. The number of tetrazole rings is 1. The number of nitrogens with zero attached hydrogens (tertiary/aromatic N) is 7. The number of carbonyl (C=O) groups excluding carboxylic acids is 1. The van der Waals surface area contributed by atoms with Gasteiger partial charge in [-0.25, -0.2) is 9.18 Å². The van der Waals surface area contributed by atoms with Crippen LogP contribution in [0.5, 0.6) is 5.75 Å². The number of rotatable bonds is 11. The zero-order chi connectivity index (χ0) is 26.9. The number of pyridine rings is 1. The fourth-order valence-corrected chi connectivity index (χ4v) is 3.92. The molecule has 13 heteroatoms. The number of hydrogen-bond acceptors (Lipinski definition) is 7. The van der Waals surface area contributed by atoms with Gasteiger partial charge in [-0.1, -0.05) is 17.7 Å². The van der Waals surface area contributed by atoms with Gasteiger partial charge >= 0.3 is 6.09 Å². The van der Waals surface area contributed by atoms with Crippen LogP contribution in [0.25, 0.3) is 0 Å². The lowest BCUT2D eigenvalue weighted by atomic mass is 10.1. The average Bonchev–Trinajstić information content (AvgIpc) is 3.42. The van der Waals surface area contributed by atoms with Crippen LogP contribution < -0.4 is 14.5 Å². The number of carbonyl (C=O) groups is 2. The molecule has 11 nitrogen and oxygen atoms in total. The molecule has 0 unspecified atom stereocenters. The van der Waals surface area contributed by atoms with Gasteiger partial charge in [-0.3, -0.25) is 14.7 Å². The van der Waals surface area contributed by atoms with Gasteiger partial charge in [-0.2, -0.15) is 4.80 Å². The fraction of sp³-hybridized carbons (Fsp3) is 0.200. The number of halogens is 2. The van der Waals surface area contributed by atoms with Crippen LogP contribution in [0.2, 0.25) is 5.02 Å². The second-order valence-corrected chi connectivity index (χ2v) is 8.42. The number of aryl methyl sites for hydroxylation is 1. The number of carboxylic acid groups (broad SMARTS) is 1. The van der Waals surface area contributed by atoms with Crippen molar-refractivity contribution < 1.29 is 23.8 Å². The minimum atomic E-state index is -1.14. The standard InChI is InChI=1S/C25H23ClFN7O4/c26-19-13-18(14-23(15-19)38-12-11-33(25(36)37)21-5-7-28-8-6-21)24(35)32(22-4-1-3-20(27)16-22)9-2-10-34-30-17-29-31-34/h1,3-8,13-17H,2,9-12H2,(H,36,37). The second-order valence-electron chi connectivity index (χ2n) is 7.99. The van der Waals surface area contributed by atoms with Crippen molar-refractivity contribution >= 4 is 35.0 Å². The molecule has 2 aromatic carbocycles. The van der Waals surface area contributed by atoms with E-state index in [1.807, 2.05) is 0 Å². The molecule has 4 rings (SSSR count). The first-order chi connectivity index (χ1) is 18.4. The maximum Gasteiger partial charge on any atom is 0.411 e. The van der Waals surface area contributed by atoms with Crippen LogP contribution in [0.4, 0.5) is 20.6 Å². The molecule has 0 bridgehead atoms. The zero-order valence-electron chi connectivity index (χ0n) is 20.0. The summed E-state index contributed by atoms with van der Waals surface area (Å²) in [6, 6.07) is 13.4. The summed E-state index contributed by atoms with van der Waals surface area (Å²) in [5, 5.41) is 21.2. The van der Waals surface area contributed by atoms with E-state index >= 15 is 0 Å². The molecule has 1 N–H and O–H groups in total. The lowest BCUT2D eigenvalue weighted by Gasteiger charge is -2.23. The summed E-state index contributed by atoms with van der Waals surface area (Å²) >= 11 is 6.28. The first-order valence-corrected chi connectivity index (χ1v) is 11.9. The molecule has 0 saturated carbocycles. The summed E-state index contributed by atoms with van der Waals surface area (Å²) in [5.74, 6) is -0.615. The summed E-state index contributed by atoms with van der Waals surface area (Å²) in [6.07, 6.45) is 3.63. The number of ether oxygens (including phenoxy) is 1. The van der Waals surface area contributed by atoms with Gasteiger partial charge in [0, 0.05) is 35.2 Å². The summed E-state index contributed by atoms with van der Waals surface area (Å²) < 4.78 is 19.7. The van der Waals surface area contributed by atoms with Crippen LogP contribution in [0.15, 0.2) is 73.3 Å². The van der Waals surface area contributed by atoms with Gasteiger partial charge in [-0.15, -0.1) is 10.2 Å². The van der Waals surface area contributed by atoms with Crippen LogP contribution in [0, 0.1) is 5.82 Å². The molecular weight excluding hydrogens is 517 g/mol. The predicted octanol–water partition coefficient (Wildman–Crippen LogP) is 4.16. The Balaban J connectivity index is 1.49. The summed E-state index contributed by atoms with van der Waals surface area (Å²) in [5.41, 5.74) is 1.04. The Hall–Kier alpha value is -4.58. The molecule has 0 radical (unpaired) electrons. The quantitative estimate of drug-likeness (QED) is 0.301. The Labute approximate surface area is 222 Å². The Bertz CT molecular complexity index is 1380. The van der Waals surface area contributed by atoms with E-state index in [9.17, 15) is 19.1 Å². The lowest BCUT2D eigenvalue weighted by Crippen LogP contribution is -2.33. The second kappa shape index (κ2) is 12.6. The number of hydrogen-bond donors (Lipinski definition) is 1. The third-order valence-electron chi connectivity index (χ3n) is 5.40. The van der Waals surface area contributed by atoms with Gasteiger partial charge in [0.15, 0.2) is 6.33 Å². The maximum atomic E-state index is 14.0. The molecule has 0 saturated heterocycles. The van der Waals surface area contributed by atoms with E-state index in [-0.39, 0.29) is 36.0 Å². The van der Waals surface area contributed by atoms with E-state index < -0.39 is 17.8 Å². The van der Waals surface area contributed by atoms with Crippen molar-refractivity contribution in [2.24, 2.45) is 0 Å². The molecule has 2 aromatic heterocycles. The van der Waals surface area contributed by atoms with E-state index in [0.717, 1.165) is 4.90 Å². The Kier molecular flexibility index (Phi) is 8.77. The highest BCUT2D eigenvalue weighted by molar-refractivity contribution is 6.31. The first-order valence-electron chi connectivity index (χ1n) is 11.5. The average molecular weight is 540 g/mol. The Morgan fingerprint density at radius 1 is 1.03 bits per heavy atom. The highest BCUT2D eigenvalue weighted by Crippen LogP contribution is 2.25. The minimum absolute atomic E-state index is 0.00110. The van der Waals surface area contributed by atoms with Crippen molar-refractivity contribution in [2.75, 3.05) is 29.5 Å². The Morgan fingerprint density at radius 3 is 2.55 bits per heavy atom. The SMILES string of the molecule is O=C(O)N(CCOc1cc(Cl)cc(C(=O)N(CCCn2ncnn2)c2cccc(F)c2)c1)c1ccncc1. The van der Waals surface area contributed by atoms with Crippen molar-refractivity contribution in [3.63, 3.8) is 0 Å². The van der Waals surface area contributed by atoms with Gasteiger partial charge in [0.25, 0.3) is 5.91 Å². The van der Waals surface area contributed by atoms with Gasteiger partial charge in [0.05, 0.1) is 18.8 Å². The fourth-order valence-electron chi connectivity index (χ4n) is 3.69. The Morgan fingerprint density at radius 2 is 1.84 bits per heavy atom.